The molecule has 0 atom stereocenters. The van der Waals surface area contributed by atoms with Crippen LogP contribution in [-0.2, 0) is 23.9 Å². The zero-order chi connectivity index (χ0) is 15.7. The lowest BCUT2D eigenvalue weighted by Crippen LogP contribution is -2.39. The van der Waals surface area contributed by atoms with E-state index in [9.17, 15) is 14.4 Å². The average Bonchev–Trinajstić information content (AvgIpc) is 2.46. The second-order valence-electron chi connectivity index (χ2n) is 5.17. The molecule has 0 aliphatic heterocycles. The van der Waals surface area contributed by atoms with Crippen molar-refractivity contribution >= 4 is 17.8 Å². The Labute approximate surface area is 125 Å². The predicted molar refractivity (Wildman–Crippen MR) is 76.4 cm³/mol. The van der Waals surface area contributed by atoms with Crippen LogP contribution in [-0.4, -0.2) is 37.1 Å². The summed E-state index contributed by atoms with van der Waals surface area (Å²) in [5, 5.41) is 2.91. The normalized spacial score (nSPS) is 21.4. The first-order chi connectivity index (χ1) is 10.1. The molecule has 6 heteroatoms. The van der Waals surface area contributed by atoms with Gasteiger partial charge in [-0.1, -0.05) is 0 Å². The minimum atomic E-state index is -0.348. The Bertz CT molecular complexity index is 361. The molecule has 120 valence electrons. The Morgan fingerprint density at radius 1 is 0.952 bits per heavy atom. The number of nitrogens with one attached hydrogen (secondary N) is 1. The molecule has 0 aromatic heterocycles. The van der Waals surface area contributed by atoms with Gasteiger partial charge in [0.05, 0.1) is 25.6 Å². The molecule has 1 N–H and O–H groups in total. The number of rotatable bonds is 7. The van der Waals surface area contributed by atoms with Crippen molar-refractivity contribution in [2.24, 2.45) is 5.92 Å². The topological polar surface area (TPSA) is 81.7 Å². The maximum absolute atomic E-state index is 11.7. The van der Waals surface area contributed by atoms with Gasteiger partial charge < -0.3 is 14.8 Å². The first kappa shape index (κ1) is 17.5. The Kier molecular flexibility index (Phi) is 7.79. The van der Waals surface area contributed by atoms with Crippen molar-refractivity contribution in [2.45, 2.75) is 58.4 Å². The molecule has 0 unspecified atom stereocenters. The van der Waals surface area contributed by atoms with Gasteiger partial charge in [0.25, 0.3) is 0 Å². The van der Waals surface area contributed by atoms with E-state index in [0.29, 0.717) is 13.2 Å². The van der Waals surface area contributed by atoms with E-state index in [1.165, 1.54) is 0 Å². The largest absolute Gasteiger partial charge is 0.466 e. The molecule has 1 saturated carbocycles. The van der Waals surface area contributed by atoms with Crippen LogP contribution in [0.3, 0.4) is 0 Å². The SMILES string of the molecule is CCOC(=O)CCC(=O)NC1CCC(C(=O)OCC)CC1. The molecule has 0 heterocycles. The van der Waals surface area contributed by atoms with Gasteiger partial charge in [-0.25, -0.2) is 0 Å². The molecule has 1 aliphatic rings. The quantitative estimate of drug-likeness (QED) is 0.722. The Hall–Kier alpha value is -1.59. The van der Waals surface area contributed by atoms with Gasteiger partial charge >= 0.3 is 11.9 Å². The highest BCUT2D eigenvalue weighted by Gasteiger charge is 2.27. The summed E-state index contributed by atoms with van der Waals surface area (Å²) in [6, 6.07) is 0.0883. The van der Waals surface area contributed by atoms with Gasteiger partial charge in [-0.2, -0.15) is 0 Å². The first-order valence-corrected chi connectivity index (χ1v) is 7.68. The average molecular weight is 299 g/mol. The monoisotopic (exact) mass is 299 g/mol. The number of carbonyl (C=O) groups excluding carboxylic acids is 3. The standard InChI is InChI=1S/C15H25NO5/c1-3-20-14(18)10-9-13(17)16-12-7-5-11(6-8-12)15(19)21-4-2/h11-12H,3-10H2,1-2H3,(H,16,17). The molecule has 0 spiro atoms. The first-order valence-electron chi connectivity index (χ1n) is 7.68. The van der Waals surface area contributed by atoms with E-state index in [1.807, 2.05) is 0 Å². The molecule has 0 aromatic carbocycles. The fourth-order valence-corrected chi connectivity index (χ4v) is 2.48. The lowest BCUT2D eigenvalue weighted by atomic mass is 9.86. The second-order valence-corrected chi connectivity index (χ2v) is 5.17. The summed E-state index contributed by atoms with van der Waals surface area (Å²) in [7, 11) is 0. The third-order valence-corrected chi connectivity index (χ3v) is 3.57. The summed E-state index contributed by atoms with van der Waals surface area (Å²) < 4.78 is 9.78. The van der Waals surface area contributed by atoms with Crippen LogP contribution in [0.25, 0.3) is 0 Å². The van der Waals surface area contributed by atoms with Gasteiger partial charge in [-0.15, -0.1) is 0 Å². The van der Waals surface area contributed by atoms with Crippen LogP contribution in [0.4, 0.5) is 0 Å². The maximum Gasteiger partial charge on any atom is 0.308 e. The van der Waals surface area contributed by atoms with Gasteiger partial charge in [0.15, 0.2) is 0 Å². The molecule has 1 rings (SSSR count). The van der Waals surface area contributed by atoms with Gasteiger partial charge in [-0.3, -0.25) is 14.4 Å². The highest BCUT2D eigenvalue weighted by Crippen LogP contribution is 2.25. The molecule has 1 amide bonds. The van der Waals surface area contributed by atoms with Crippen LogP contribution in [0.1, 0.15) is 52.4 Å². The van der Waals surface area contributed by atoms with Crippen LogP contribution < -0.4 is 5.32 Å². The van der Waals surface area contributed by atoms with Crippen molar-refractivity contribution in [3.05, 3.63) is 0 Å². The number of hydrogen-bond acceptors (Lipinski definition) is 5. The third kappa shape index (κ3) is 6.60. The van der Waals surface area contributed by atoms with E-state index in [1.54, 1.807) is 13.8 Å². The summed E-state index contributed by atoms with van der Waals surface area (Å²) in [5.41, 5.74) is 0. The number of amides is 1. The summed E-state index contributed by atoms with van der Waals surface area (Å²) >= 11 is 0. The van der Waals surface area contributed by atoms with Crippen molar-refractivity contribution in [3.63, 3.8) is 0 Å². The van der Waals surface area contributed by atoms with Crippen molar-refractivity contribution in [1.29, 1.82) is 0 Å². The minimum Gasteiger partial charge on any atom is -0.466 e. The van der Waals surface area contributed by atoms with Crippen LogP contribution >= 0.6 is 0 Å². The van der Waals surface area contributed by atoms with E-state index in [4.69, 9.17) is 9.47 Å². The summed E-state index contributed by atoms with van der Waals surface area (Å²) in [5.74, 6) is -0.663. The van der Waals surface area contributed by atoms with Crippen molar-refractivity contribution < 1.29 is 23.9 Å². The number of ether oxygens (including phenoxy) is 2. The van der Waals surface area contributed by atoms with Gasteiger partial charge in [-0.05, 0) is 39.5 Å². The Morgan fingerprint density at radius 2 is 1.57 bits per heavy atom. The van der Waals surface area contributed by atoms with Crippen LogP contribution in [0, 0.1) is 5.92 Å². The molecule has 1 fully saturated rings. The third-order valence-electron chi connectivity index (χ3n) is 3.57. The van der Waals surface area contributed by atoms with E-state index < -0.39 is 0 Å². The Morgan fingerprint density at radius 3 is 2.14 bits per heavy atom. The lowest BCUT2D eigenvalue weighted by Gasteiger charge is -2.27. The maximum atomic E-state index is 11.7. The molecule has 21 heavy (non-hydrogen) atoms. The number of esters is 2. The minimum absolute atomic E-state index is 0.0439. The van der Waals surface area contributed by atoms with Crippen molar-refractivity contribution in [1.82, 2.24) is 5.32 Å². The van der Waals surface area contributed by atoms with Crippen LogP contribution in [0.2, 0.25) is 0 Å². The molecule has 0 saturated heterocycles. The van der Waals surface area contributed by atoms with E-state index in [-0.39, 0.29) is 42.6 Å². The lowest BCUT2D eigenvalue weighted by molar-refractivity contribution is -0.149. The van der Waals surface area contributed by atoms with E-state index >= 15 is 0 Å². The van der Waals surface area contributed by atoms with E-state index in [0.717, 1.165) is 25.7 Å². The highest BCUT2D eigenvalue weighted by molar-refractivity contribution is 5.81. The molecule has 0 radical (unpaired) electrons. The van der Waals surface area contributed by atoms with Gasteiger partial charge in [0, 0.05) is 12.5 Å². The smallest absolute Gasteiger partial charge is 0.308 e. The molecule has 6 nitrogen and oxygen atoms in total. The van der Waals surface area contributed by atoms with Crippen LogP contribution in [0.15, 0.2) is 0 Å². The highest BCUT2D eigenvalue weighted by atomic mass is 16.5. The molecule has 0 bridgehead atoms. The Balaban J connectivity index is 2.21. The summed E-state index contributed by atoms with van der Waals surface area (Å²) in [6.07, 6.45) is 3.28. The molecular formula is C15H25NO5. The summed E-state index contributed by atoms with van der Waals surface area (Å²) in [4.78, 5) is 34.5. The number of hydrogen-bond donors (Lipinski definition) is 1. The summed E-state index contributed by atoms with van der Waals surface area (Å²) in [6.45, 7) is 4.27. The predicted octanol–water partition coefficient (Wildman–Crippen LogP) is 1.57. The van der Waals surface area contributed by atoms with Crippen molar-refractivity contribution in [2.75, 3.05) is 13.2 Å². The fourth-order valence-electron chi connectivity index (χ4n) is 2.48. The molecule has 1 aliphatic carbocycles. The zero-order valence-electron chi connectivity index (χ0n) is 12.9. The zero-order valence-corrected chi connectivity index (χ0v) is 12.9. The van der Waals surface area contributed by atoms with Crippen molar-refractivity contribution in [3.8, 4) is 0 Å². The van der Waals surface area contributed by atoms with Gasteiger partial charge in [0.1, 0.15) is 0 Å². The van der Waals surface area contributed by atoms with E-state index in [2.05, 4.69) is 5.32 Å². The second kappa shape index (κ2) is 9.37. The van der Waals surface area contributed by atoms with Gasteiger partial charge in [0.2, 0.25) is 5.91 Å². The molecule has 0 aromatic rings. The number of carbonyl (C=O) groups is 3. The van der Waals surface area contributed by atoms with Crippen LogP contribution in [0.5, 0.6) is 0 Å². The molecular weight excluding hydrogens is 274 g/mol. The fraction of sp³-hybridized carbons (Fsp3) is 0.800.